The van der Waals surface area contributed by atoms with Gasteiger partial charge in [0.2, 0.25) is 0 Å². The van der Waals surface area contributed by atoms with Gasteiger partial charge in [-0.05, 0) is 55.6 Å². The number of amides is 1. The number of hydrogen-bond acceptors (Lipinski definition) is 7. The summed E-state index contributed by atoms with van der Waals surface area (Å²) in [4.78, 5) is 19.3. The molecule has 3 heterocycles. The molecule has 1 saturated heterocycles. The summed E-state index contributed by atoms with van der Waals surface area (Å²) in [6, 6.07) is 7.41. The van der Waals surface area contributed by atoms with Crippen LogP contribution in [0.25, 0.3) is 0 Å². The number of pyridine rings is 1. The number of carbonyl (C=O) groups excluding carboxylic acids is 1. The fourth-order valence-corrected chi connectivity index (χ4v) is 4.98. The Hall–Kier alpha value is -2.54. The van der Waals surface area contributed by atoms with Gasteiger partial charge in [0.25, 0.3) is 5.91 Å². The fraction of sp³-hybridized carbons (Fsp3) is 0.571. The predicted molar refractivity (Wildman–Crippen MR) is 146 cm³/mol. The third kappa shape index (κ3) is 9.83. The molecule has 1 fully saturated rings. The van der Waals surface area contributed by atoms with E-state index in [0.717, 1.165) is 30.8 Å². The maximum absolute atomic E-state index is 12.6. The SMILES string of the molecule is CCC.CCS(=O)(=O)c1ccc(C(CO)NC(=O)c2cnc3c(c2)CN(C)C3)cc1.FC(F)(F)C1CCCCO1. The summed E-state index contributed by atoms with van der Waals surface area (Å²) in [7, 11) is -1.29. The predicted octanol–water partition coefficient (Wildman–Crippen LogP) is 4.82. The van der Waals surface area contributed by atoms with Gasteiger partial charge in [-0.1, -0.05) is 39.3 Å². The summed E-state index contributed by atoms with van der Waals surface area (Å²) in [5.41, 5.74) is 3.07. The normalized spacial score (nSPS) is 17.9. The first-order valence-electron chi connectivity index (χ1n) is 13.4. The van der Waals surface area contributed by atoms with Crippen LogP contribution in [0.1, 0.15) is 79.7 Å². The Morgan fingerprint density at radius 1 is 1.18 bits per heavy atom. The van der Waals surface area contributed by atoms with Crippen LogP contribution in [-0.4, -0.2) is 67.6 Å². The van der Waals surface area contributed by atoms with Crippen LogP contribution in [0, 0.1) is 0 Å². The molecule has 0 spiro atoms. The first-order valence-corrected chi connectivity index (χ1v) is 15.1. The number of halogens is 3. The van der Waals surface area contributed by atoms with Crippen molar-refractivity contribution in [2.24, 2.45) is 0 Å². The molecule has 2 atom stereocenters. The molecule has 1 aromatic heterocycles. The molecule has 12 heteroatoms. The maximum atomic E-state index is 12.6. The summed E-state index contributed by atoms with van der Waals surface area (Å²) in [5, 5.41) is 12.5. The van der Waals surface area contributed by atoms with Crippen molar-refractivity contribution >= 4 is 15.7 Å². The molecule has 0 aliphatic carbocycles. The first kappa shape index (κ1) is 33.7. The van der Waals surface area contributed by atoms with Gasteiger partial charge in [-0.25, -0.2) is 8.42 Å². The topological polar surface area (TPSA) is 109 Å². The molecule has 0 bridgehead atoms. The highest BCUT2D eigenvalue weighted by Crippen LogP contribution is 2.29. The van der Waals surface area contributed by atoms with Crippen LogP contribution in [0.15, 0.2) is 41.4 Å². The smallest absolute Gasteiger partial charge is 0.394 e. The number of aromatic nitrogens is 1. The Labute approximate surface area is 234 Å². The van der Waals surface area contributed by atoms with E-state index in [1.54, 1.807) is 25.3 Å². The van der Waals surface area contributed by atoms with Crippen molar-refractivity contribution in [1.29, 1.82) is 0 Å². The summed E-state index contributed by atoms with van der Waals surface area (Å²) >= 11 is 0. The lowest BCUT2D eigenvalue weighted by molar-refractivity contribution is -0.229. The number of sulfone groups is 1. The number of benzene rings is 1. The van der Waals surface area contributed by atoms with E-state index in [4.69, 9.17) is 0 Å². The van der Waals surface area contributed by atoms with Gasteiger partial charge in [-0.15, -0.1) is 0 Å². The number of carbonyl (C=O) groups is 1. The summed E-state index contributed by atoms with van der Waals surface area (Å²) in [5.74, 6) is -0.309. The van der Waals surface area contributed by atoms with Gasteiger partial charge in [0.05, 0.1) is 34.6 Å². The van der Waals surface area contributed by atoms with Crippen LogP contribution in [0.5, 0.6) is 0 Å². The zero-order chi connectivity index (χ0) is 29.9. The number of nitrogens with zero attached hydrogens (tertiary/aromatic N) is 2. The minimum atomic E-state index is -4.15. The van der Waals surface area contributed by atoms with Gasteiger partial charge >= 0.3 is 6.18 Å². The minimum absolute atomic E-state index is 0.0209. The molecule has 0 radical (unpaired) electrons. The van der Waals surface area contributed by atoms with Crippen molar-refractivity contribution in [2.45, 2.75) is 82.8 Å². The van der Waals surface area contributed by atoms with E-state index in [1.807, 2.05) is 13.1 Å². The Balaban J connectivity index is 0.000000358. The summed E-state index contributed by atoms with van der Waals surface area (Å²) < 4.78 is 63.8. The zero-order valence-electron chi connectivity index (χ0n) is 23.5. The number of rotatable bonds is 6. The van der Waals surface area contributed by atoms with Gasteiger partial charge in [0.1, 0.15) is 0 Å². The van der Waals surface area contributed by atoms with Crippen LogP contribution in [0.2, 0.25) is 0 Å². The van der Waals surface area contributed by atoms with Crippen molar-refractivity contribution in [1.82, 2.24) is 15.2 Å². The quantitative estimate of drug-likeness (QED) is 0.499. The Kier molecular flexibility index (Phi) is 13.0. The molecule has 2 aliphatic heterocycles. The van der Waals surface area contributed by atoms with Crippen molar-refractivity contribution in [3.05, 3.63) is 58.9 Å². The van der Waals surface area contributed by atoms with E-state index in [2.05, 4.69) is 33.8 Å². The molecule has 4 rings (SSSR count). The third-order valence-electron chi connectivity index (χ3n) is 6.24. The van der Waals surface area contributed by atoms with Crippen molar-refractivity contribution in [3.8, 4) is 0 Å². The van der Waals surface area contributed by atoms with Crippen molar-refractivity contribution in [3.63, 3.8) is 0 Å². The van der Waals surface area contributed by atoms with Gasteiger partial charge < -0.3 is 15.2 Å². The second kappa shape index (κ2) is 15.5. The molecular formula is C28H40F3N3O5S. The molecule has 224 valence electrons. The van der Waals surface area contributed by atoms with E-state index in [1.165, 1.54) is 18.6 Å². The van der Waals surface area contributed by atoms with E-state index < -0.39 is 28.2 Å². The van der Waals surface area contributed by atoms with Crippen LogP contribution in [0.4, 0.5) is 13.2 Å². The molecular weight excluding hydrogens is 547 g/mol. The highest BCUT2D eigenvalue weighted by molar-refractivity contribution is 7.91. The van der Waals surface area contributed by atoms with Crippen LogP contribution < -0.4 is 5.32 Å². The lowest BCUT2D eigenvalue weighted by Crippen LogP contribution is -2.34. The second-order valence-corrected chi connectivity index (χ2v) is 12.1. The largest absolute Gasteiger partial charge is 0.414 e. The molecule has 2 aliphatic rings. The van der Waals surface area contributed by atoms with Crippen LogP contribution in [-0.2, 0) is 27.7 Å². The number of aliphatic hydroxyl groups excluding tert-OH is 1. The van der Waals surface area contributed by atoms with Crippen LogP contribution >= 0.6 is 0 Å². The Morgan fingerprint density at radius 2 is 1.82 bits per heavy atom. The standard InChI is InChI=1S/C19H23N3O4S.C6H9F3O.C3H8/c1-3-27(25,26)16-6-4-13(5-7-16)18(12-23)21-19(24)14-8-15-10-22(2)11-17(15)20-9-14;7-6(8,9)5-3-1-2-4-10-5;1-3-2/h4-9,18,23H,3,10-12H2,1-2H3,(H,21,24);5H,1-4H2;3H2,1-2H3. The molecule has 2 unspecified atom stereocenters. The van der Waals surface area contributed by atoms with Crippen molar-refractivity contribution < 1.29 is 36.2 Å². The zero-order valence-corrected chi connectivity index (χ0v) is 24.3. The molecule has 2 aromatic rings. The Morgan fingerprint density at radius 3 is 2.33 bits per heavy atom. The molecule has 8 nitrogen and oxygen atoms in total. The van der Waals surface area contributed by atoms with Crippen molar-refractivity contribution in [2.75, 3.05) is 26.0 Å². The summed E-state index contributed by atoms with van der Waals surface area (Å²) in [6.07, 6.45) is -1.35. The number of nitrogens with one attached hydrogen (secondary N) is 1. The molecule has 40 heavy (non-hydrogen) atoms. The van der Waals surface area contributed by atoms with Gasteiger partial charge in [0.15, 0.2) is 15.9 Å². The Bertz CT molecular complexity index is 1180. The fourth-order valence-electron chi connectivity index (χ4n) is 4.09. The van der Waals surface area contributed by atoms with E-state index in [9.17, 15) is 31.5 Å². The third-order valence-corrected chi connectivity index (χ3v) is 7.99. The molecule has 0 saturated carbocycles. The number of alkyl halides is 3. The lowest BCUT2D eigenvalue weighted by Gasteiger charge is -2.24. The monoisotopic (exact) mass is 587 g/mol. The highest BCUT2D eigenvalue weighted by atomic mass is 32.2. The second-order valence-electron chi connectivity index (χ2n) is 9.79. The van der Waals surface area contributed by atoms with Gasteiger partial charge in [-0.3, -0.25) is 14.7 Å². The molecule has 2 N–H and O–H groups in total. The highest BCUT2D eigenvalue weighted by Gasteiger charge is 2.41. The van der Waals surface area contributed by atoms with Gasteiger partial charge in [-0.2, -0.15) is 13.2 Å². The van der Waals surface area contributed by atoms with E-state index in [-0.39, 0.29) is 36.2 Å². The maximum Gasteiger partial charge on any atom is 0.414 e. The molecule has 1 amide bonds. The van der Waals surface area contributed by atoms with Crippen LogP contribution in [0.3, 0.4) is 0 Å². The van der Waals surface area contributed by atoms with E-state index >= 15 is 0 Å². The lowest BCUT2D eigenvalue weighted by atomic mass is 10.1. The summed E-state index contributed by atoms with van der Waals surface area (Å²) in [6.45, 7) is 7.31. The van der Waals surface area contributed by atoms with E-state index in [0.29, 0.717) is 17.5 Å². The number of aliphatic hydroxyl groups is 1. The minimum Gasteiger partial charge on any atom is -0.394 e. The molecule has 1 aromatic carbocycles. The number of fused-ring (bicyclic) bond motifs is 1. The average Bonchev–Trinajstić information content (AvgIpc) is 3.32. The number of hydrogen-bond donors (Lipinski definition) is 2. The first-order chi connectivity index (χ1) is 18.9. The van der Waals surface area contributed by atoms with Gasteiger partial charge in [0, 0.05) is 25.9 Å². The average molecular weight is 588 g/mol. The number of ether oxygens (including phenoxy) is 1.